The van der Waals surface area contributed by atoms with Crippen molar-refractivity contribution >= 4 is 16.8 Å². The van der Waals surface area contributed by atoms with Crippen molar-refractivity contribution in [1.82, 2.24) is 24.9 Å². The Kier molecular flexibility index (Phi) is 4.98. The fraction of sp³-hybridized carbons (Fsp3) is 0.455. The number of hydrogen-bond acceptors (Lipinski definition) is 5. The van der Waals surface area contributed by atoms with E-state index in [1.165, 1.54) is 0 Å². The summed E-state index contributed by atoms with van der Waals surface area (Å²) in [5.41, 5.74) is 2.39. The normalized spacial score (nSPS) is 17.1. The number of benzene rings is 1. The van der Waals surface area contributed by atoms with E-state index in [1.54, 1.807) is 4.68 Å². The number of nitrogens with zero attached hydrogens (tertiary/aromatic N) is 5. The number of fused-ring (bicyclic) bond motifs is 1. The molecule has 0 bridgehead atoms. The molecule has 0 saturated carbocycles. The molecule has 29 heavy (non-hydrogen) atoms. The van der Waals surface area contributed by atoms with Crippen LogP contribution >= 0.6 is 0 Å². The summed E-state index contributed by atoms with van der Waals surface area (Å²) in [4.78, 5) is 14.9. The summed E-state index contributed by atoms with van der Waals surface area (Å²) in [5.74, 6) is 0.787. The minimum Gasteiger partial charge on any atom is -0.476 e. The molecule has 1 aliphatic rings. The molecule has 0 aliphatic carbocycles. The first-order valence-electron chi connectivity index (χ1n) is 10.0. The summed E-state index contributed by atoms with van der Waals surface area (Å²) in [5, 5.41) is 13.8. The highest BCUT2D eigenvalue weighted by molar-refractivity contribution is 6.04. The van der Waals surface area contributed by atoms with E-state index in [9.17, 15) is 4.79 Å². The molecule has 3 heterocycles. The monoisotopic (exact) mass is 393 g/mol. The molecule has 1 saturated heterocycles. The van der Waals surface area contributed by atoms with Crippen molar-refractivity contribution in [3.63, 3.8) is 0 Å². The predicted molar refractivity (Wildman–Crippen MR) is 111 cm³/mol. The number of ether oxygens (including phenoxy) is 1. The van der Waals surface area contributed by atoms with Gasteiger partial charge in [0.05, 0.1) is 17.8 Å². The molecule has 1 aliphatic heterocycles. The van der Waals surface area contributed by atoms with Crippen LogP contribution in [0.15, 0.2) is 36.4 Å². The van der Waals surface area contributed by atoms with Gasteiger partial charge in [-0.1, -0.05) is 39.0 Å². The molecule has 0 N–H and O–H groups in total. The number of carbonyl (C=O) groups is 1. The Labute approximate surface area is 170 Å². The molecule has 4 rings (SSSR count). The minimum absolute atomic E-state index is 0.0152. The first kappa shape index (κ1) is 19.4. The van der Waals surface area contributed by atoms with Crippen LogP contribution in [0.4, 0.5) is 0 Å². The lowest BCUT2D eigenvalue weighted by Gasteiger charge is -2.17. The van der Waals surface area contributed by atoms with Crippen molar-refractivity contribution in [2.45, 2.75) is 32.6 Å². The number of amides is 1. The van der Waals surface area contributed by atoms with Gasteiger partial charge in [0.25, 0.3) is 5.91 Å². The zero-order valence-electron chi connectivity index (χ0n) is 17.4. The molecular weight excluding hydrogens is 366 g/mol. The average molecular weight is 393 g/mol. The van der Waals surface area contributed by atoms with Crippen LogP contribution in [0.1, 0.15) is 43.4 Å². The van der Waals surface area contributed by atoms with Gasteiger partial charge in [0.15, 0.2) is 5.69 Å². The Bertz CT molecular complexity index is 1020. The summed E-state index contributed by atoms with van der Waals surface area (Å²) >= 11 is 0. The van der Waals surface area contributed by atoms with Crippen LogP contribution < -0.4 is 4.74 Å². The maximum atomic E-state index is 13.0. The first-order valence-corrected chi connectivity index (χ1v) is 10.0. The van der Waals surface area contributed by atoms with Gasteiger partial charge in [0, 0.05) is 42.9 Å². The maximum Gasteiger partial charge on any atom is 0.275 e. The number of aryl methyl sites for hydroxylation is 1. The van der Waals surface area contributed by atoms with Gasteiger partial charge in [-0.2, -0.15) is 10.2 Å². The zero-order valence-corrected chi connectivity index (χ0v) is 17.4. The largest absolute Gasteiger partial charge is 0.476 e. The van der Waals surface area contributed by atoms with Crippen LogP contribution in [-0.2, 0) is 12.5 Å². The Morgan fingerprint density at radius 2 is 1.97 bits per heavy atom. The van der Waals surface area contributed by atoms with Crippen molar-refractivity contribution in [2.75, 3.05) is 19.7 Å². The molecule has 7 heteroatoms. The van der Waals surface area contributed by atoms with Gasteiger partial charge in [-0.05, 0) is 18.6 Å². The van der Waals surface area contributed by atoms with Crippen molar-refractivity contribution < 1.29 is 9.53 Å². The molecule has 1 aromatic carbocycles. The molecule has 1 unspecified atom stereocenters. The van der Waals surface area contributed by atoms with E-state index >= 15 is 0 Å². The second-order valence-corrected chi connectivity index (χ2v) is 8.71. The molecule has 152 valence electrons. The number of para-hydroxylation sites is 1. The number of carbonyl (C=O) groups excluding carboxylic acids is 1. The van der Waals surface area contributed by atoms with Crippen molar-refractivity contribution in [2.24, 2.45) is 13.0 Å². The fourth-order valence-electron chi connectivity index (χ4n) is 3.67. The Morgan fingerprint density at radius 1 is 1.17 bits per heavy atom. The van der Waals surface area contributed by atoms with E-state index < -0.39 is 0 Å². The number of aromatic nitrogens is 4. The molecule has 0 spiro atoms. The quantitative estimate of drug-likeness (QED) is 0.681. The summed E-state index contributed by atoms with van der Waals surface area (Å²) in [6.07, 6.45) is 0.907. The molecule has 1 atom stereocenters. The Hall–Kier alpha value is -2.96. The Morgan fingerprint density at radius 3 is 2.69 bits per heavy atom. The third-order valence-corrected chi connectivity index (χ3v) is 5.41. The standard InChI is InChI=1S/C22H27N5O2/c1-22(2,3)18-9-10-19(24-23-18)29-14-15-11-12-27(13-15)21(28)20-16-7-5-6-8-17(16)26(4)25-20/h5-10,15H,11-14H2,1-4H3. The molecule has 1 amide bonds. The van der Waals surface area contributed by atoms with E-state index in [-0.39, 0.29) is 17.2 Å². The topological polar surface area (TPSA) is 73.1 Å². The molecule has 2 aromatic heterocycles. The summed E-state index contributed by atoms with van der Waals surface area (Å²) in [6.45, 7) is 8.21. The lowest BCUT2D eigenvalue weighted by atomic mass is 9.92. The second-order valence-electron chi connectivity index (χ2n) is 8.71. The predicted octanol–water partition coefficient (Wildman–Crippen LogP) is 3.20. The zero-order chi connectivity index (χ0) is 20.6. The minimum atomic E-state index is -0.0342. The van der Waals surface area contributed by atoms with Crippen molar-refractivity contribution in [3.05, 3.63) is 47.8 Å². The van der Waals surface area contributed by atoms with Crippen LogP contribution in [0.3, 0.4) is 0 Å². The van der Waals surface area contributed by atoms with Gasteiger partial charge in [-0.15, -0.1) is 5.10 Å². The summed E-state index contributed by atoms with van der Waals surface area (Å²) in [6, 6.07) is 11.6. The van der Waals surface area contributed by atoms with E-state index in [2.05, 4.69) is 36.1 Å². The van der Waals surface area contributed by atoms with Gasteiger partial charge in [0.1, 0.15) is 0 Å². The van der Waals surface area contributed by atoms with Crippen LogP contribution in [0.25, 0.3) is 10.9 Å². The highest BCUT2D eigenvalue weighted by Gasteiger charge is 2.30. The van der Waals surface area contributed by atoms with E-state index in [1.807, 2.05) is 48.3 Å². The van der Waals surface area contributed by atoms with Crippen LogP contribution in [0, 0.1) is 5.92 Å². The SMILES string of the molecule is Cn1nc(C(=O)N2CCC(COc3ccc(C(C)(C)C)nn3)C2)c2ccccc21. The summed E-state index contributed by atoms with van der Waals surface area (Å²) < 4.78 is 7.60. The molecule has 7 nitrogen and oxygen atoms in total. The van der Waals surface area contributed by atoms with Gasteiger partial charge in [-0.25, -0.2) is 0 Å². The third kappa shape index (κ3) is 3.95. The van der Waals surface area contributed by atoms with E-state index in [0.29, 0.717) is 31.3 Å². The van der Waals surface area contributed by atoms with Crippen LogP contribution in [0.5, 0.6) is 5.88 Å². The number of rotatable bonds is 4. The fourth-order valence-corrected chi connectivity index (χ4v) is 3.67. The third-order valence-electron chi connectivity index (χ3n) is 5.41. The molecule has 1 fully saturated rings. The number of hydrogen-bond donors (Lipinski definition) is 0. The van der Waals surface area contributed by atoms with Crippen LogP contribution in [0.2, 0.25) is 0 Å². The van der Waals surface area contributed by atoms with E-state index in [4.69, 9.17) is 4.74 Å². The second kappa shape index (κ2) is 7.46. The Balaban J connectivity index is 1.37. The van der Waals surface area contributed by atoms with Crippen molar-refractivity contribution in [3.8, 4) is 5.88 Å². The lowest BCUT2D eigenvalue weighted by molar-refractivity contribution is 0.0778. The average Bonchev–Trinajstić information content (AvgIpc) is 3.31. The summed E-state index contributed by atoms with van der Waals surface area (Å²) in [7, 11) is 1.87. The lowest BCUT2D eigenvalue weighted by Crippen LogP contribution is -2.30. The van der Waals surface area contributed by atoms with Crippen molar-refractivity contribution in [1.29, 1.82) is 0 Å². The smallest absolute Gasteiger partial charge is 0.275 e. The highest BCUT2D eigenvalue weighted by atomic mass is 16.5. The number of likely N-dealkylation sites (tertiary alicyclic amines) is 1. The van der Waals surface area contributed by atoms with Crippen LogP contribution in [-0.4, -0.2) is 50.5 Å². The van der Waals surface area contributed by atoms with Gasteiger partial charge in [-0.3, -0.25) is 9.48 Å². The molecular formula is C22H27N5O2. The molecule has 3 aromatic rings. The highest BCUT2D eigenvalue weighted by Crippen LogP contribution is 2.24. The van der Waals surface area contributed by atoms with Gasteiger partial charge in [0.2, 0.25) is 5.88 Å². The molecule has 0 radical (unpaired) electrons. The van der Waals surface area contributed by atoms with Gasteiger partial charge >= 0.3 is 0 Å². The first-order chi connectivity index (χ1) is 13.8. The van der Waals surface area contributed by atoms with E-state index in [0.717, 1.165) is 23.0 Å². The van der Waals surface area contributed by atoms with Gasteiger partial charge < -0.3 is 9.64 Å². The maximum absolute atomic E-state index is 13.0.